The van der Waals surface area contributed by atoms with Crippen LogP contribution < -0.4 is 5.32 Å². The summed E-state index contributed by atoms with van der Waals surface area (Å²) >= 11 is 0. The monoisotopic (exact) mass is 270 g/mol. The largest absolute Gasteiger partial charge is 0.377 e. The molecular formula is C16H34N2O. The quantitative estimate of drug-likeness (QED) is 0.770. The molecular weight excluding hydrogens is 236 g/mol. The Labute approximate surface area is 120 Å². The molecule has 0 aliphatic carbocycles. The predicted molar refractivity (Wildman–Crippen MR) is 82.5 cm³/mol. The van der Waals surface area contributed by atoms with E-state index >= 15 is 0 Å². The number of hydrogen-bond acceptors (Lipinski definition) is 3. The van der Waals surface area contributed by atoms with Crippen LogP contribution in [-0.2, 0) is 4.74 Å². The van der Waals surface area contributed by atoms with E-state index in [2.05, 4.69) is 51.8 Å². The highest BCUT2D eigenvalue weighted by Crippen LogP contribution is 2.19. The van der Waals surface area contributed by atoms with Crippen LogP contribution >= 0.6 is 0 Å². The molecule has 1 fully saturated rings. The van der Waals surface area contributed by atoms with Gasteiger partial charge in [0.15, 0.2) is 0 Å². The topological polar surface area (TPSA) is 24.5 Å². The Morgan fingerprint density at radius 2 is 1.89 bits per heavy atom. The molecule has 0 aromatic heterocycles. The maximum Gasteiger partial charge on any atom is 0.0597 e. The third kappa shape index (κ3) is 5.41. The highest BCUT2D eigenvalue weighted by molar-refractivity contribution is 4.89. The van der Waals surface area contributed by atoms with Crippen molar-refractivity contribution in [3.8, 4) is 0 Å². The zero-order valence-corrected chi connectivity index (χ0v) is 13.8. The van der Waals surface area contributed by atoms with E-state index in [4.69, 9.17) is 4.74 Å². The van der Waals surface area contributed by atoms with Gasteiger partial charge < -0.3 is 10.1 Å². The SMILES string of the molecule is CCC(C)C1CN(CCOC(C)C)C(C(C)C)CN1. The van der Waals surface area contributed by atoms with E-state index in [-0.39, 0.29) is 0 Å². The summed E-state index contributed by atoms with van der Waals surface area (Å²) in [6.45, 7) is 17.7. The number of hydrogen-bond donors (Lipinski definition) is 1. The summed E-state index contributed by atoms with van der Waals surface area (Å²) in [5.74, 6) is 1.45. The number of nitrogens with zero attached hydrogens (tertiary/aromatic N) is 1. The van der Waals surface area contributed by atoms with Crippen LogP contribution in [0, 0.1) is 11.8 Å². The van der Waals surface area contributed by atoms with Gasteiger partial charge >= 0.3 is 0 Å². The first-order valence-corrected chi connectivity index (χ1v) is 8.04. The van der Waals surface area contributed by atoms with Crippen LogP contribution in [0.1, 0.15) is 48.0 Å². The lowest BCUT2D eigenvalue weighted by atomic mass is 9.92. The van der Waals surface area contributed by atoms with Crippen molar-refractivity contribution in [2.75, 3.05) is 26.2 Å². The van der Waals surface area contributed by atoms with Gasteiger partial charge in [-0.05, 0) is 25.7 Å². The van der Waals surface area contributed by atoms with Gasteiger partial charge in [0.1, 0.15) is 0 Å². The van der Waals surface area contributed by atoms with Crippen LogP contribution in [0.5, 0.6) is 0 Å². The van der Waals surface area contributed by atoms with E-state index < -0.39 is 0 Å². The molecule has 3 heteroatoms. The zero-order chi connectivity index (χ0) is 14.4. The Kier molecular flexibility index (Phi) is 7.33. The molecule has 0 bridgehead atoms. The molecule has 114 valence electrons. The summed E-state index contributed by atoms with van der Waals surface area (Å²) in [7, 11) is 0. The van der Waals surface area contributed by atoms with Crippen molar-refractivity contribution in [3.63, 3.8) is 0 Å². The first-order chi connectivity index (χ1) is 8.95. The van der Waals surface area contributed by atoms with Gasteiger partial charge in [-0.2, -0.15) is 0 Å². The Morgan fingerprint density at radius 1 is 1.21 bits per heavy atom. The van der Waals surface area contributed by atoms with Crippen LogP contribution in [-0.4, -0.2) is 49.3 Å². The second-order valence-electron chi connectivity index (χ2n) is 6.63. The third-order valence-electron chi connectivity index (χ3n) is 4.42. The van der Waals surface area contributed by atoms with Gasteiger partial charge in [-0.15, -0.1) is 0 Å². The fourth-order valence-electron chi connectivity index (χ4n) is 2.84. The summed E-state index contributed by atoms with van der Waals surface area (Å²) in [5.41, 5.74) is 0. The van der Waals surface area contributed by atoms with Crippen LogP contribution in [0.15, 0.2) is 0 Å². The van der Waals surface area contributed by atoms with Crippen molar-refractivity contribution in [2.45, 2.75) is 66.2 Å². The standard InChI is InChI=1S/C16H34N2O/c1-7-14(6)15-11-18(8-9-19-13(4)5)16(10-17-15)12(2)3/h12-17H,7-11H2,1-6H3. The number of nitrogens with one attached hydrogen (secondary N) is 1. The first kappa shape index (κ1) is 16.9. The smallest absolute Gasteiger partial charge is 0.0597 e. The summed E-state index contributed by atoms with van der Waals surface area (Å²) in [6, 6.07) is 1.29. The second kappa shape index (κ2) is 8.23. The van der Waals surface area contributed by atoms with E-state index in [1.807, 2.05) is 0 Å². The number of ether oxygens (including phenoxy) is 1. The minimum atomic E-state index is 0.339. The van der Waals surface area contributed by atoms with Crippen LogP contribution in [0.3, 0.4) is 0 Å². The molecule has 1 aliphatic heterocycles. The zero-order valence-electron chi connectivity index (χ0n) is 13.8. The fraction of sp³-hybridized carbons (Fsp3) is 1.00. The molecule has 1 heterocycles. The molecule has 1 aliphatic rings. The average molecular weight is 270 g/mol. The summed E-state index contributed by atoms with van der Waals surface area (Å²) in [4.78, 5) is 2.64. The van der Waals surface area contributed by atoms with Crippen LogP contribution in [0.25, 0.3) is 0 Å². The van der Waals surface area contributed by atoms with Crippen molar-refractivity contribution in [1.29, 1.82) is 0 Å². The third-order valence-corrected chi connectivity index (χ3v) is 4.42. The summed E-state index contributed by atoms with van der Waals surface area (Å²) in [5, 5.41) is 3.75. The highest BCUT2D eigenvalue weighted by Gasteiger charge is 2.31. The van der Waals surface area contributed by atoms with Crippen molar-refractivity contribution < 1.29 is 4.74 Å². The molecule has 0 spiro atoms. The highest BCUT2D eigenvalue weighted by atomic mass is 16.5. The molecule has 0 aromatic rings. The van der Waals surface area contributed by atoms with Gasteiger partial charge in [-0.1, -0.05) is 34.1 Å². The molecule has 0 saturated carbocycles. The Hall–Kier alpha value is -0.120. The van der Waals surface area contributed by atoms with E-state index in [0.717, 1.165) is 25.6 Å². The van der Waals surface area contributed by atoms with E-state index in [0.29, 0.717) is 24.1 Å². The van der Waals surface area contributed by atoms with Crippen molar-refractivity contribution >= 4 is 0 Å². The van der Waals surface area contributed by atoms with Gasteiger partial charge in [0, 0.05) is 31.7 Å². The Balaban J connectivity index is 2.52. The maximum atomic E-state index is 5.73. The molecule has 1 rings (SSSR count). The molecule has 3 unspecified atom stereocenters. The van der Waals surface area contributed by atoms with Gasteiger partial charge in [0.05, 0.1) is 12.7 Å². The molecule has 3 nitrogen and oxygen atoms in total. The minimum absolute atomic E-state index is 0.339. The summed E-state index contributed by atoms with van der Waals surface area (Å²) < 4.78 is 5.73. The lowest BCUT2D eigenvalue weighted by Crippen LogP contribution is -2.60. The normalized spacial score (nSPS) is 27.2. The number of piperazine rings is 1. The van der Waals surface area contributed by atoms with Crippen molar-refractivity contribution in [1.82, 2.24) is 10.2 Å². The van der Waals surface area contributed by atoms with Gasteiger partial charge in [0.2, 0.25) is 0 Å². The van der Waals surface area contributed by atoms with Gasteiger partial charge in [-0.25, -0.2) is 0 Å². The van der Waals surface area contributed by atoms with E-state index in [9.17, 15) is 0 Å². The molecule has 0 amide bonds. The first-order valence-electron chi connectivity index (χ1n) is 8.04. The van der Waals surface area contributed by atoms with E-state index in [1.165, 1.54) is 13.0 Å². The fourth-order valence-corrected chi connectivity index (χ4v) is 2.84. The lowest BCUT2D eigenvalue weighted by Gasteiger charge is -2.44. The molecule has 0 aromatic carbocycles. The molecule has 19 heavy (non-hydrogen) atoms. The van der Waals surface area contributed by atoms with Crippen LogP contribution in [0.4, 0.5) is 0 Å². The van der Waals surface area contributed by atoms with Gasteiger partial charge in [-0.3, -0.25) is 4.90 Å². The minimum Gasteiger partial charge on any atom is -0.377 e. The molecule has 1 N–H and O–H groups in total. The Bertz CT molecular complexity index is 243. The average Bonchev–Trinajstić information content (AvgIpc) is 2.37. The summed E-state index contributed by atoms with van der Waals surface area (Å²) in [6.07, 6.45) is 1.59. The molecule has 0 radical (unpaired) electrons. The number of rotatable bonds is 7. The maximum absolute atomic E-state index is 5.73. The van der Waals surface area contributed by atoms with Crippen LogP contribution in [0.2, 0.25) is 0 Å². The Morgan fingerprint density at radius 3 is 2.42 bits per heavy atom. The van der Waals surface area contributed by atoms with Crippen molar-refractivity contribution in [3.05, 3.63) is 0 Å². The lowest BCUT2D eigenvalue weighted by molar-refractivity contribution is 0.0218. The molecule has 3 atom stereocenters. The van der Waals surface area contributed by atoms with Gasteiger partial charge in [0.25, 0.3) is 0 Å². The predicted octanol–water partition coefficient (Wildman–Crippen LogP) is 2.76. The second-order valence-corrected chi connectivity index (χ2v) is 6.63. The molecule has 1 saturated heterocycles. The van der Waals surface area contributed by atoms with E-state index in [1.54, 1.807) is 0 Å². The van der Waals surface area contributed by atoms with Crippen molar-refractivity contribution in [2.24, 2.45) is 11.8 Å².